The van der Waals surface area contributed by atoms with Gasteiger partial charge in [-0.25, -0.2) is 4.99 Å². The number of hydrogen-bond donors (Lipinski definition) is 1. The first-order chi connectivity index (χ1) is 12.7. The Bertz CT molecular complexity index is 614. The molecule has 2 saturated heterocycles. The van der Waals surface area contributed by atoms with Crippen molar-refractivity contribution in [1.82, 2.24) is 10.2 Å². The molecule has 0 aromatic heterocycles. The van der Waals surface area contributed by atoms with E-state index < -0.39 is 0 Å². The summed E-state index contributed by atoms with van der Waals surface area (Å²) in [7, 11) is 1.70. The molecule has 144 valence electrons. The Morgan fingerprint density at radius 2 is 2.12 bits per heavy atom. The van der Waals surface area contributed by atoms with E-state index >= 15 is 0 Å². The van der Waals surface area contributed by atoms with E-state index in [9.17, 15) is 0 Å². The summed E-state index contributed by atoms with van der Waals surface area (Å²) in [5, 5.41) is 3.43. The molecular weight excluding hydrogens is 330 g/mol. The molecule has 2 fully saturated rings. The van der Waals surface area contributed by atoms with Crippen LogP contribution in [-0.2, 0) is 16.0 Å². The maximum atomic E-state index is 5.96. The molecule has 2 aliphatic rings. The van der Waals surface area contributed by atoms with E-state index in [4.69, 9.17) is 19.2 Å². The van der Waals surface area contributed by atoms with Gasteiger partial charge in [-0.15, -0.1) is 0 Å². The minimum Gasteiger partial charge on any atom is -0.497 e. The molecular formula is C20H31N3O3. The first-order valence-electron chi connectivity index (χ1n) is 9.60. The molecule has 0 saturated carbocycles. The fraction of sp³-hybridized carbons (Fsp3) is 0.650. The molecule has 3 rings (SSSR count). The number of guanidine groups is 1. The fourth-order valence-electron chi connectivity index (χ4n) is 3.61. The minimum absolute atomic E-state index is 0.133. The molecule has 1 N–H and O–H groups in total. The standard InChI is InChI=1S/C20H31N3O3/c1-4-21-20(22-13-16-10-15(2)11-17(12-16)24-3)23-7-9-26-19(14-23)18-6-5-8-25-18/h10-12,18-19H,4-9,13-14H2,1-3H3,(H,21,22). The van der Waals surface area contributed by atoms with Crippen molar-refractivity contribution in [2.75, 3.05) is 40.0 Å². The van der Waals surface area contributed by atoms with Crippen molar-refractivity contribution in [3.8, 4) is 5.75 Å². The van der Waals surface area contributed by atoms with Gasteiger partial charge in [0.1, 0.15) is 11.9 Å². The van der Waals surface area contributed by atoms with E-state index in [2.05, 4.69) is 36.2 Å². The Labute approximate surface area is 156 Å². The highest BCUT2D eigenvalue weighted by Gasteiger charge is 2.32. The van der Waals surface area contributed by atoms with Gasteiger partial charge in [0.15, 0.2) is 5.96 Å². The van der Waals surface area contributed by atoms with Crippen LogP contribution in [0.3, 0.4) is 0 Å². The van der Waals surface area contributed by atoms with Gasteiger partial charge in [0.2, 0.25) is 0 Å². The molecule has 0 aliphatic carbocycles. The predicted molar refractivity (Wildman–Crippen MR) is 103 cm³/mol. The van der Waals surface area contributed by atoms with Gasteiger partial charge in [0, 0.05) is 26.2 Å². The number of rotatable bonds is 5. The number of benzene rings is 1. The van der Waals surface area contributed by atoms with Crippen LogP contribution in [0.4, 0.5) is 0 Å². The lowest BCUT2D eigenvalue weighted by Crippen LogP contribution is -2.53. The van der Waals surface area contributed by atoms with E-state index in [0.29, 0.717) is 13.2 Å². The first-order valence-corrected chi connectivity index (χ1v) is 9.60. The smallest absolute Gasteiger partial charge is 0.194 e. The molecule has 2 aliphatic heterocycles. The average Bonchev–Trinajstić information content (AvgIpc) is 3.19. The molecule has 2 atom stereocenters. The SMILES string of the molecule is CCNC(=NCc1cc(C)cc(OC)c1)N1CCOC(C2CCCO2)C1. The summed E-state index contributed by atoms with van der Waals surface area (Å²) in [5.41, 5.74) is 2.34. The van der Waals surface area contributed by atoms with Crippen molar-refractivity contribution in [1.29, 1.82) is 0 Å². The summed E-state index contributed by atoms with van der Waals surface area (Å²) >= 11 is 0. The third-order valence-electron chi connectivity index (χ3n) is 4.87. The third-order valence-corrected chi connectivity index (χ3v) is 4.87. The van der Waals surface area contributed by atoms with E-state index in [1.54, 1.807) is 7.11 Å². The van der Waals surface area contributed by atoms with Crippen LogP contribution in [-0.4, -0.2) is 63.0 Å². The van der Waals surface area contributed by atoms with Crippen LogP contribution in [0.25, 0.3) is 0 Å². The molecule has 0 spiro atoms. The van der Waals surface area contributed by atoms with Crippen molar-refractivity contribution in [3.05, 3.63) is 29.3 Å². The zero-order valence-electron chi connectivity index (χ0n) is 16.2. The summed E-state index contributed by atoms with van der Waals surface area (Å²) < 4.78 is 17.2. The Morgan fingerprint density at radius 1 is 1.27 bits per heavy atom. The third kappa shape index (κ3) is 4.89. The van der Waals surface area contributed by atoms with Gasteiger partial charge in [-0.2, -0.15) is 0 Å². The number of morpholine rings is 1. The molecule has 0 amide bonds. The Hall–Kier alpha value is -1.79. The Balaban J connectivity index is 1.69. The normalized spacial score (nSPS) is 24.0. The van der Waals surface area contributed by atoms with E-state index in [0.717, 1.165) is 56.4 Å². The van der Waals surface area contributed by atoms with Crippen LogP contribution in [0.2, 0.25) is 0 Å². The maximum Gasteiger partial charge on any atom is 0.194 e. The second-order valence-corrected chi connectivity index (χ2v) is 6.94. The highest BCUT2D eigenvalue weighted by Crippen LogP contribution is 2.21. The lowest BCUT2D eigenvalue weighted by molar-refractivity contribution is -0.0817. The number of methoxy groups -OCH3 is 1. The summed E-state index contributed by atoms with van der Waals surface area (Å²) in [6.07, 6.45) is 2.58. The van der Waals surface area contributed by atoms with Gasteiger partial charge in [-0.3, -0.25) is 0 Å². The average molecular weight is 361 g/mol. The molecule has 2 unspecified atom stereocenters. The molecule has 26 heavy (non-hydrogen) atoms. The monoisotopic (exact) mass is 361 g/mol. The molecule has 1 aromatic rings. The van der Waals surface area contributed by atoms with E-state index in [1.165, 1.54) is 5.56 Å². The zero-order valence-corrected chi connectivity index (χ0v) is 16.2. The number of nitrogens with zero attached hydrogens (tertiary/aromatic N) is 2. The largest absolute Gasteiger partial charge is 0.497 e. The number of aryl methyl sites for hydroxylation is 1. The zero-order chi connectivity index (χ0) is 18.4. The molecule has 1 aromatic carbocycles. The molecule has 6 nitrogen and oxygen atoms in total. The summed E-state index contributed by atoms with van der Waals surface area (Å²) in [6, 6.07) is 6.24. The fourth-order valence-corrected chi connectivity index (χ4v) is 3.61. The van der Waals surface area contributed by atoms with Crippen molar-refractivity contribution in [2.45, 2.75) is 45.4 Å². The lowest BCUT2D eigenvalue weighted by Gasteiger charge is -2.37. The minimum atomic E-state index is 0.133. The van der Waals surface area contributed by atoms with E-state index in [1.807, 2.05) is 6.07 Å². The quantitative estimate of drug-likeness (QED) is 0.644. The van der Waals surface area contributed by atoms with Crippen molar-refractivity contribution < 1.29 is 14.2 Å². The topological polar surface area (TPSA) is 55.3 Å². The van der Waals surface area contributed by atoms with Gasteiger partial charge in [0.25, 0.3) is 0 Å². The second-order valence-electron chi connectivity index (χ2n) is 6.94. The van der Waals surface area contributed by atoms with Crippen LogP contribution < -0.4 is 10.1 Å². The van der Waals surface area contributed by atoms with E-state index in [-0.39, 0.29) is 12.2 Å². The summed E-state index contributed by atoms with van der Waals surface area (Å²) in [6.45, 7) is 8.90. The molecule has 0 radical (unpaired) electrons. The number of aliphatic imine (C=N–C) groups is 1. The molecule has 2 heterocycles. The van der Waals surface area contributed by atoms with Crippen LogP contribution in [0, 0.1) is 6.92 Å². The maximum absolute atomic E-state index is 5.96. The summed E-state index contributed by atoms with van der Waals surface area (Å²) in [5.74, 6) is 1.82. The van der Waals surface area contributed by atoms with Crippen LogP contribution >= 0.6 is 0 Å². The van der Waals surface area contributed by atoms with Crippen molar-refractivity contribution >= 4 is 5.96 Å². The highest BCUT2D eigenvalue weighted by atomic mass is 16.5. The molecule has 0 bridgehead atoms. The Morgan fingerprint density at radius 3 is 2.85 bits per heavy atom. The van der Waals surface area contributed by atoms with Crippen LogP contribution in [0.15, 0.2) is 23.2 Å². The number of hydrogen-bond acceptors (Lipinski definition) is 4. The van der Waals surface area contributed by atoms with Crippen molar-refractivity contribution in [2.24, 2.45) is 4.99 Å². The van der Waals surface area contributed by atoms with Gasteiger partial charge >= 0.3 is 0 Å². The number of nitrogens with one attached hydrogen (secondary N) is 1. The van der Waals surface area contributed by atoms with Gasteiger partial charge in [-0.05, 0) is 49.9 Å². The highest BCUT2D eigenvalue weighted by molar-refractivity contribution is 5.80. The van der Waals surface area contributed by atoms with Gasteiger partial charge in [0.05, 0.1) is 26.4 Å². The van der Waals surface area contributed by atoms with Gasteiger partial charge < -0.3 is 24.4 Å². The molecule has 6 heteroatoms. The first kappa shape index (κ1) is 19.0. The van der Waals surface area contributed by atoms with Gasteiger partial charge in [-0.1, -0.05) is 6.07 Å². The lowest BCUT2D eigenvalue weighted by atomic mass is 10.1. The Kier molecular flexibility index (Phi) is 6.74. The van der Waals surface area contributed by atoms with Crippen LogP contribution in [0.1, 0.15) is 30.9 Å². The second kappa shape index (κ2) is 9.24. The number of ether oxygens (including phenoxy) is 3. The van der Waals surface area contributed by atoms with Crippen LogP contribution in [0.5, 0.6) is 5.75 Å². The van der Waals surface area contributed by atoms with Crippen molar-refractivity contribution in [3.63, 3.8) is 0 Å². The summed E-state index contributed by atoms with van der Waals surface area (Å²) in [4.78, 5) is 7.16. The predicted octanol–water partition coefficient (Wildman–Crippen LogP) is 2.35.